The van der Waals surface area contributed by atoms with Crippen molar-refractivity contribution in [3.8, 4) is 0 Å². The van der Waals surface area contributed by atoms with Gasteiger partial charge in [-0.05, 0) is 12.0 Å². The van der Waals surface area contributed by atoms with Crippen molar-refractivity contribution >= 4 is 20.2 Å². The van der Waals surface area contributed by atoms with Crippen molar-refractivity contribution in [2.45, 2.75) is 45.6 Å². The fraction of sp³-hybridized carbons (Fsp3) is 0.600. The minimum absolute atomic E-state index is 0.0936. The Kier molecular flexibility index (Phi) is 11.2. The molecule has 1 aromatic rings. The van der Waals surface area contributed by atoms with Crippen molar-refractivity contribution < 1.29 is 13.6 Å². The first-order valence-corrected chi connectivity index (χ1v) is 8.78. The highest BCUT2D eigenvalue weighted by Gasteiger charge is 2.12. The minimum atomic E-state index is -1.34. The Bertz CT molecular complexity index is 324. The topological polar surface area (TPSA) is 27.7 Å². The van der Waals surface area contributed by atoms with E-state index in [1.165, 1.54) is 25.7 Å². The molecule has 1 unspecified atom stereocenters. The quantitative estimate of drug-likeness (QED) is 0.284. The van der Waals surface area contributed by atoms with Gasteiger partial charge < -0.3 is 9.05 Å². The summed E-state index contributed by atoms with van der Waals surface area (Å²) in [6.45, 7) is 3.36. The lowest BCUT2D eigenvalue weighted by Crippen LogP contribution is -1.97. The van der Waals surface area contributed by atoms with Gasteiger partial charge in [0.25, 0.3) is 0 Å². The van der Waals surface area contributed by atoms with Crippen LogP contribution in [0.4, 0.5) is 0 Å². The molecule has 0 saturated heterocycles. The van der Waals surface area contributed by atoms with Gasteiger partial charge in [-0.25, -0.2) is 0 Å². The third-order valence-corrected chi connectivity index (χ3v) is 4.11. The molecule has 1 atom stereocenters. The zero-order valence-corrected chi connectivity index (χ0v) is 13.7. The van der Waals surface area contributed by atoms with Gasteiger partial charge in [-0.15, -0.1) is 0 Å². The van der Waals surface area contributed by atoms with E-state index in [0.29, 0.717) is 13.2 Å². The normalized spacial score (nSPS) is 12.5. The Balaban J connectivity index is 2.16. The molecule has 0 aliphatic heterocycles. The molecule has 0 amide bonds. The molecule has 114 valence electrons. The maximum atomic E-state index is 5.63. The average molecular weight is 319 g/mol. The van der Waals surface area contributed by atoms with Crippen LogP contribution in [0.1, 0.15) is 44.6 Å². The summed E-state index contributed by atoms with van der Waals surface area (Å²) in [6.07, 6.45) is 6.04. The molecule has 0 bridgehead atoms. The highest BCUT2D eigenvalue weighted by Crippen LogP contribution is 2.41. The lowest BCUT2D eigenvalue weighted by atomic mass is 10.2. The molecule has 20 heavy (non-hydrogen) atoms. The van der Waals surface area contributed by atoms with Gasteiger partial charge in [0.1, 0.15) is 6.07 Å². The van der Waals surface area contributed by atoms with Crippen LogP contribution in [-0.2, 0) is 20.2 Å². The van der Waals surface area contributed by atoms with Crippen molar-refractivity contribution in [3.63, 3.8) is 0 Å². The van der Waals surface area contributed by atoms with E-state index < -0.39 is 8.60 Å². The first kappa shape index (κ1) is 17.9. The lowest BCUT2D eigenvalue weighted by molar-refractivity contribution is 0.167. The SMILES string of the molecule is CCCCCCCOP(OCCl)OCc1ccccc1. The molecule has 0 N–H and O–H groups in total. The molecular weight excluding hydrogens is 295 g/mol. The predicted octanol–water partition coefficient (Wildman–Crippen LogP) is 5.63. The standard InChI is InChI=1S/C15H24ClO3P/c1-2-3-4-5-9-12-17-20(19-14-16)18-13-15-10-7-6-8-11-15/h6-8,10-11H,2-5,9,12-14H2,1H3. The molecule has 3 nitrogen and oxygen atoms in total. The molecule has 5 heteroatoms. The molecule has 1 aromatic carbocycles. The van der Waals surface area contributed by atoms with E-state index in [0.717, 1.165) is 12.0 Å². The van der Waals surface area contributed by atoms with Crippen LogP contribution in [0.5, 0.6) is 0 Å². The van der Waals surface area contributed by atoms with E-state index in [2.05, 4.69) is 6.92 Å². The first-order chi connectivity index (χ1) is 9.86. The molecule has 0 saturated carbocycles. The second kappa shape index (κ2) is 12.6. The predicted molar refractivity (Wildman–Crippen MR) is 84.7 cm³/mol. The third kappa shape index (κ3) is 8.89. The molecular formula is C15H24ClO3P. The molecule has 0 spiro atoms. The van der Waals surface area contributed by atoms with Gasteiger partial charge in [-0.2, -0.15) is 0 Å². The molecule has 0 aliphatic rings. The van der Waals surface area contributed by atoms with Crippen LogP contribution in [0.15, 0.2) is 30.3 Å². The number of halogens is 1. The average Bonchev–Trinajstić information content (AvgIpc) is 2.49. The van der Waals surface area contributed by atoms with Crippen molar-refractivity contribution in [2.24, 2.45) is 0 Å². The summed E-state index contributed by atoms with van der Waals surface area (Å²) >= 11 is 5.59. The Morgan fingerprint density at radius 3 is 2.40 bits per heavy atom. The highest BCUT2D eigenvalue weighted by atomic mass is 35.5. The number of alkyl halides is 1. The summed E-state index contributed by atoms with van der Waals surface area (Å²) in [4.78, 5) is 0. The van der Waals surface area contributed by atoms with Crippen molar-refractivity contribution in [3.05, 3.63) is 35.9 Å². The summed E-state index contributed by atoms with van der Waals surface area (Å²) in [5, 5.41) is 0. The van der Waals surface area contributed by atoms with E-state index in [1.807, 2.05) is 30.3 Å². The second-order valence-electron chi connectivity index (χ2n) is 4.47. The fourth-order valence-electron chi connectivity index (χ4n) is 1.70. The summed E-state index contributed by atoms with van der Waals surface area (Å²) in [6, 6.07) is 10.1. The van der Waals surface area contributed by atoms with Gasteiger partial charge >= 0.3 is 8.60 Å². The monoisotopic (exact) mass is 318 g/mol. The number of benzene rings is 1. The van der Waals surface area contributed by atoms with Gasteiger partial charge in [-0.1, -0.05) is 74.5 Å². The number of hydrogen-bond donors (Lipinski definition) is 0. The van der Waals surface area contributed by atoms with Gasteiger partial charge in [0.15, 0.2) is 0 Å². The zero-order chi connectivity index (χ0) is 14.5. The summed E-state index contributed by atoms with van der Waals surface area (Å²) < 4.78 is 16.5. The van der Waals surface area contributed by atoms with E-state index in [9.17, 15) is 0 Å². The van der Waals surface area contributed by atoms with Gasteiger partial charge in [0, 0.05) is 0 Å². The van der Waals surface area contributed by atoms with Crippen LogP contribution in [0, 0.1) is 0 Å². The van der Waals surface area contributed by atoms with Gasteiger partial charge in [0.2, 0.25) is 0 Å². The number of rotatable bonds is 12. The van der Waals surface area contributed by atoms with Crippen LogP contribution in [-0.4, -0.2) is 12.7 Å². The van der Waals surface area contributed by atoms with E-state index in [1.54, 1.807) is 0 Å². The van der Waals surface area contributed by atoms with Gasteiger partial charge in [-0.3, -0.25) is 4.52 Å². The molecule has 0 radical (unpaired) electrons. The minimum Gasteiger partial charge on any atom is -0.312 e. The van der Waals surface area contributed by atoms with Crippen LogP contribution < -0.4 is 0 Å². The second-order valence-corrected chi connectivity index (χ2v) is 5.91. The van der Waals surface area contributed by atoms with Crippen LogP contribution in [0.2, 0.25) is 0 Å². The van der Waals surface area contributed by atoms with Crippen molar-refractivity contribution in [1.29, 1.82) is 0 Å². The molecule has 0 aliphatic carbocycles. The maximum Gasteiger partial charge on any atom is 0.334 e. The van der Waals surface area contributed by atoms with E-state index >= 15 is 0 Å². The Labute approximate surface area is 128 Å². The van der Waals surface area contributed by atoms with Crippen LogP contribution in [0.3, 0.4) is 0 Å². The highest BCUT2D eigenvalue weighted by molar-refractivity contribution is 7.41. The summed E-state index contributed by atoms with van der Waals surface area (Å²) in [7, 11) is -1.34. The molecule has 1 rings (SSSR count). The first-order valence-electron chi connectivity index (χ1n) is 7.15. The number of unbranched alkanes of at least 4 members (excludes halogenated alkanes) is 4. The summed E-state index contributed by atoms with van der Waals surface area (Å²) in [5.41, 5.74) is 1.10. The molecule has 0 aromatic heterocycles. The summed E-state index contributed by atoms with van der Waals surface area (Å²) in [5.74, 6) is 0. The molecule has 0 heterocycles. The maximum absolute atomic E-state index is 5.63. The Morgan fingerprint density at radius 1 is 0.950 bits per heavy atom. The van der Waals surface area contributed by atoms with Gasteiger partial charge in [0.05, 0.1) is 13.2 Å². The van der Waals surface area contributed by atoms with Crippen LogP contribution >= 0.6 is 20.2 Å². The Morgan fingerprint density at radius 2 is 1.70 bits per heavy atom. The van der Waals surface area contributed by atoms with Crippen molar-refractivity contribution in [2.75, 3.05) is 12.7 Å². The largest absolute Gasteiger partial charge is 0.334 e. The fourth-order valence-corrected chi connectivity index (χ4v) is 2.77. The Hall–Kier alpha value is -0.180. The lowest BCUT2D eigenvalue weighted by Gasteiger charge is -2.15. The zero-order valence-electron chi connectivity index (χ0n) is 12.1. The number of hydrogen-bond acceptors (Lipinski definition) is 3. The van der Waals surface area contributed by atoms with E-state index in [4.69, 9.17) is 25.2 Å². The smallest absolute Gasteiger partial charge is 0.312 e. The van der Waals surface area contributed by atoms with Crippen molar-refractivity contribution in [1.82, 2.24) is 0 Å². The molecule has 0 fully saturated rings. The van der Waals surface area contributed by atoms with Crippen LogP contribution in [0.25, 0.3) is 0 Å². The third-order valence-electron chi connectivity index (χ3n) is 2.78. The van der Waals surface area contributed by atoms with E-state index in [-0.39, 0.29) is 6.07 Å².